The van der Waals surface area contributed by atoms with Crippen molar-refractivity contribution in [2.24, 2.45) is 11.3 Å². The van der Waals surface area contributed by atoms with Gasteiger partial charge in [0.25, 0.3) is 0 Å². The van der Waals surface area contributed by atoms with Gasteiger partial charge in [0, 0.05) is 31.0 Å². The second-order valence-corrected chi connectivity index (χ2v) is 7.42. The van der Waals surface area contributed by atoms with Crippen LogP contribution in [0.5, 0.6) is 0 Å². The second-order valence-electron chi connectivity index (χ2n) is 6.47. The van der Waals surface area contributed by atoms with Crippen LogP contribution in [0, 0.1) is 11.3 Å². The molecule has 3 rings (SSSR count). The molecule has 0 amide bonds. The molecule has 0 radical (unpaired) electrons. The number of aliphatic carboxylic acids is 1. The lowest BCUT2D eigenvalue weighted by Crippen LogP contribution is -2.44. The predicted octanol–water partition coefficient (Wildman–Crippen LogP) is 2.19. The lowest BCUT2D eigenvalue weighted by atomic mass is 9.74. The van der Waals surface area contributed by atoms with E-state index in [1.807, 2.05) is 0 Å². The molecule has 3 heterocycles. The van der Waals surface area contributed by atoms with Gasteiger partial charge >= 0.3 is 5.97 Å². The zero-order valence-corrected chi connectivity index (χ0v) is 13.4. The van der Waals surface area contributed by atoms with Gasteiger partial charge in [-0.25, -0.2) is 4.98 Å². The van der Waals surface area contributed by atoms with E-state index in [1.165, 1.54) is 0 Å². The first-order valence-corrected chi connectivity index (χ1v) is 8.37. The third-order valence-corrected chi connectivity index (χ3v) is 5.58. The van der Waals surface area contributed by atoms with Crippen LogP contribution in [0.3, 0.4) is 0 Å². The lowest BCUT2D eigenvalue weighted by Gasteiger charge is -2.34. The summed E-state index contributed by atoms with van der Waals surface area (Å²) in [5, 5.41) is 12.9. The summed E-state index contributed by atoms with van der Waals surface area (Å²) < 4.78 is 5.49. The minimum atomic E-state index is -0.666. The number of hydrogen-bond acceptors (Lipinski definition) is 5. The molecule has 2 aliphatic heterocycles. The fraction of sp³-hybridized carbons (Fsp3) is 0.733. The molecule has 5 nitrogen and oxygen atoms in total. The average molecular weight is 310 g/mol. The highest BCUT2D eigenvalue weighted by molar-refractivity contribution is 7.09. The van der Waals surface area contributed by atoms with Crippen LogP contribution < -0.4 is 0 Å². The average Bonchev–Trinajstić information content (AvgIpc) is 3.03. The van der Waals surface area contributed by atoms with Crippen molar-refractivity contribution < 1.29 is 14.6 Å². The van der Waals surface area contributed by atoms with E-state index in [1.54, 1.807) is 11.3 Å². The summed E-state index contributed by atoms with van der Waals surface area (Å²) in [7, 11) is 0. The first kappa shape index (κ1) is 14.9. The number of fused-ring (bicyclic) bond motifs is 1. The third-order valence-electron chi connectivity index (χ3n) is 4.72. The van der Waals surface area contributed by atoms with Crippen molar-refractivity contribution in [2.45, 2.75) is 32.7 Å². The Morgan fingerprint density at radius 3 is 3.10 bits per heavy atom. The molecule has 0 aliphatic carbocycles. The molecule has 6 heteroatoms. The highest BCUT2D eigenvalue weighted by Crippen LogP contribution is 2.43. The van der Waals surface area contributed by atoms with E-state index >= 15 is 0 Å². The molecule has 0 unspecified atom stereocenters. The normalized spacial score (nSPS) is 29.8. The minimum absolute atomic E-state index is 0.105. The van der Waals surface area contributed by atoms with E-state index in [2.05, 4.69) is 29.1 Å². The molecule has 2 saturated heterocycles. The lowest BCUT2D eigenvalue weighted by molar-refractivity contribution is -0.157. The van der Waals surface area contributed by atoms with Crippen LogP contribution in [0.25, 0.3) is 0 Å². The van der Waals surface area contributed by atoms with E-state index in [9.17, 15) is 9.90 Å². The van der Waals surface area contributed by atoms with Gasteiger partial charge in [0.05, 0.1) is 24.3 Å². The molecule has 116 valence electrons. The van der Waals surface area contributed by atoms with E-state index in [4.69, 9.17) is 4.74 Å². The molecular formula is C15H22N2O3S. The van der Waals surface area contributed by atoms with E-state index in [0.29, 0.717) is 32.1 Å². The number of likely N-dealkylation sites (tertiary alicyclic amines) is 1. The zero-order valence-electron chi connectivity index (χ0n) is 12.5. The van der Waals surface area contributed by atoms with Crippen molar-refractivity contribution in [1.29, 1.82) is 0 Å². The van der Waals surface area contributed by atoms with Crippen molar-refractivity contribution in [3.63, 3.8) is 0 Å². The van der Waals surface area contributed by atoms with Crippen LogP contribution in [0.2, 0.25) is 0 Å². The van der Waals surface area contributed by atoms with E-state index in [-0.39, 0.29) is 5.92 Å². The standard InChI is InChI=1S/C15H22N2O3S/c1-10(2)12-8-21-13(16-12)6-17-5-11-7-20-4-3-15(11,9-17)14(18)19/h8,10-11H,3-7,9H2,1-2H3,(H,18,19)/t11-,15+/m1/s1. The van der Waals surface area contributed by atoms with Gasteiger partial charge in [-0.3, -0.25) is 9.69 Å². The van der Waals surface area contributed by atoms with Gasteiger partial charge in [-0.15, -0.1) is 11.3 Å². The van der Waals surface area contributed by atoms with Gasteiger partial charge < -0.3 is 9.84 Å². The molecule has 2 fully saturated rings. The maximum atomic E-state index is 11.8. The second kappa shape index (κ2) is 5.66. The van der Waals surface area contributed by atoms with Gasteiger partial charge in [-0.05, 0) is 12.3 Å². The molecule has 1 aromatic heterocycles. The summed E-state index contributed by atoms with van der Waals surface area (Å²) in [6, 6.07) is 0. The van der Waals surface area contributed by atoms with Crippen molar-refractivity contribution in [3.8, 4) is 0 Å². The zero-order chi connectivity index (χ0) is 15.0. The summed E-state index contributed by atoms with van der Waals surface area (Å²) in [5.74, 6) is -0.122. The summed E-state index contributed by atoms with van der Waals surface area (Å²) >= 11 is 1.67. The van der Waals surface area contributed by atoms with Gasteiger partial charge in [0.2, 0.25) is 0 Å². The van der Waals surface area contributed by atoms with Crippen LogP contribution in [-0.4, -0.2) is 47.3 Å². The Hall–Kier alpha value is -0.980. The first-order chi connectivity index (χ1) is 10.0. The summed E-state index contributed by atoms with van der Waals surface area (Å²) in [6.45, 7) is 7.57. The summed E-state index contributed by atoms with van der Waals surface area (Å²) in [4.78, 5) is 18.6. The van der Waals surface area contributed by atoms with Crippen LogP contribution in [0.4, 0.5) is 0 Å². The Kier molecular flexibility index (Phi) is 4.03. The molecule has 21 heavy (non-hydrogen) atoms. The highest BCUT2D eigenvalue weighted by Gasteiger charge is 2.53. The number of nitrogens with zero attached hydrogens (tertiary/aromatic N) is 2. The Bertz CT molecular complexity index is 531. The summed E-state index contributed by atoms with van der Waals surface area (Å²) in [5.41, 5.74) is 0.513. The number of carbonyl (C=O) groups is 1. The van der Waals surface area contributed by atoms with E-state index in [0.717, 1.165) is 23.8 Å². The Morgan fingerprint density at radius 1 is 1.67 bits per heavy atom. The molecule has 1 aromatic rings. The smallest absolute Gasteiger partial charge is 0.311 e. The highest BCUT2D eigenvalue weighted by atomic mass is 32.1. The fourth-order valence-electron chi connectivity index (χ4n) is 3.38. The molecule has 2 atom stereocenters. The molecule has 0 saturated carbocycles. The fourth-order valence-corrected chi connectivity index (χ4v) is 4.38. The van der Waals surface area contributed by atoms with Gasteiger partial charge in [0.1, 0.15) is 5.01 Å². The molecule has 0 aromatic carbocycles. The molecule has 0 bridgehead atoms. The number of hydrogen-bond donors (Lipinski definition) is 1. The quantitative estimate of drug-likeness (QED) is 0.923. The molecular weight excluding hydrogens is 288 g/mol. The molecule has 1 N–H and O–H groups in total. The maximum Gasteiger partial charge on any atom is 0.311 e. The van der Waals surface area contributed by atoms with Crippen molar-refractivity contribution in [1.82, 2.24) is 9.88 Å². The van der Waals surface area contributed by atoms with Gasteiger partial charge in [-0.2, -0.15) is 0 Å². The maximum absolute atomic E-state index is 11.8. The predicted molar refractivity (Wildman–Crippen MR) is 80.5 cm³/mol. The largest absolute Gasteiger partial charge is 0.481 e. The van der Waals surface area contributed by atoms with Gasteiger partial charge in [-0.1, -0.05) is 13.8 Å². The topological polar surface area (TPSA) is 62.7 Å². The Labute approximate surface area is 128 Å². The molecule has 2 aliphatic rings. The number of ether oxygens (including phenoxy) is 1. The van der Waals surface area contributed by atoms with E-state index < -0.39 is 11.4 Å². The third kappa shape index (κ3) is 2.72. The van der Waals surface area contributed by atoms with Crippen LogP contribution in [-0.2, 0) is 16.1 Å². The number of thiazole rings is 1. The van der Waals surface area contributed by atoms with Crippen LogP contribution >= 0.6 is 11.3 Å². The number of aromatic nitrogens is 1. The van der Waals surface area contributed by atoms with Crippen molar-refractivity contribution in [3.05, 3.63) is 16.1 Å². The number of rotatable bonds is 4. The summed E-state index contributed by atoms with van der Waals surface area (Å²) in [6.07, 6.45) is 0.624. The van der Waals surface area contributed by atoms with Crippen LogP contribution in [0.1, 0.15) is 36.9 Å². The van der Waals surface area contributed by atoms with Gasteiger partial charge in [0.15, 0.2) is 0 Å². The minimum Gasteiger partial charge on any atom is -0.481 e. The number of carboxylic acid groups (broad SMARTS) is 1. The Balaban J connectivity index is 1.71. The van der Waals surface area contributed by atoms with Crippen molar-refractivity contribution in [2.75, 3.05) is 26.3 Å². The number of carboxylic acids is 1. The SMILES string of the molecule is CC(C)c1csc(CN2C[C@@H]3COCC[C@]3(C(=O)O)C2)n1. The molecule has 0 spiro atoms. The monoisotopic (exact) mass is 310 g/mol. The Morgan fingerprint density at radius 2 is 2.48 bits per heavy atom. The van der Waals surface area contributed by atoms with Crippen molar-refractivity contribution >= 4 is 17.3 Å². The first-order valence-electron chi connectivity index (χ1n) is 7.49. The van der Waals surface area contributed by atoms with Crippen LogP contribution in [0.15, 0.2) is 5.38 Å².